The number of thiocarbonyl (C=S) groups is 1. The summed E-state index contributed by atoms with van der Waals surface area (Å²) in [6.07, 6.45) is 1.97. The molecule has 5 heteroatoms. The van der Waals surface area contributed by atoms with Crippen molar-refractivity contribution in [2.75, 3.05) is 17.7 Å². The molecule has 0 aliphatic rings. The van der Waals surface area contributed by atoms with Gasteiger partial charge < -0.3 is 10.0 Å². The summed E-state index contributed by atoms with van der Waals surface area (Å²) in [5, 5.41) is 8.69. The quantitative estimate of drug-likeness (QED) is 0.838. The van der Waals surface area contributed by atoms with Crippen molar-refractivity contribution in [3.8, 4) is 0 Å². The Hall–Kier alpha value is -1.07. The monoisotopic (exact) mass is 255 g/mol. The van der Waals surface area contributed by atoms with E-state index >= 15 is 0 Å². The van der Waals surface area contributed by atoms with Gasteiger partial charge in [0.25, 0.3) is 0 Å². The Bertz CT molecular complexity index is 368. The number of anilines is 1. The second-order valence-electron chi connectivity index (χ2n) is 3.10. The number of carboxylic acid groups (broad SMARTS) is 1. The lowest BCUT2D eigenvalue weighted by atomic mass is 10.3. The molecule has 1 aromatic carbocycles. The zero-order valence-corrected chi connectivity index (χ0v) is 10.6. The molecule has 0 aliphatic carbocycles. The highest BCUT2D eigenvalue weighted by atomic mass is 32.2. The van der Waals surface area contributed by atoms with Crippen LogP contribution in [0.25, 0.3) is 0 Å². The van der Waals surface area contributed by atoms with Crippen LogP contribution in [0.3, 0.4) is 0 Å². The fourth-order valence-corrected chi connectivity index (χ4v) is 1.87. The van der Waals surface area contributed by atoms with Crippen molar-refractivity contribution < 1.29 is 9.90 Å². The fourth-order valence-electron chi connectivity index (χ4n) is 1.25. The van der Waals surface area contributed by atoms with Crippen molar-refractivity contribution in [1.29, 1.82) is 0 Å². The minimum atomic E-state index is -0.815. The predicted octanol–water partition coefficient (Wildman–Crippen LogP) is 2.62. The summed E-state index contributed by atoms with van der Waals surface area (Å²) in [5.74, 6) is -0.815. The zero-order chi connectivity index (χ0) is 12.0. The topological polar surface area (TPSA) is 40.5 Å². The standard InChI is InChI=1S/C11H13NO2S2/c1-16-11(15)12(8-7-10(13)14)9-5-3-2-4-6-9/h2-6H,7-8H2,1H3,(H,13,14). The maximum absolute atomic E-state index is 10.6. The summed E-state index contributed by atoms with van der Waals surface area (Å²) in [5.41, 5.74) is 0.933. The molecule has 0 saturated heterocycles. The van der Waals surface area contributed by atoms with Crippen molar-refractivity contribution in [2.24, 2.45) is 0 Å². The van der Waals surface area contributed by atoms with Crippen molar-refractivity contribution in [1.82, 2.24) is 0 Å². The van der Waals surface area contributed by atoms with E-state index in [1.165, 1.54) is 11.8 Å². The first kappa shape index (κ1) is 13.0. The minimum absolute atomic E-state index is 0.0790. The van der Waals surface area contributed by atoms with Gasteiger partial charge in [0.2, 0.25) is 0 Å². The van der Waals surface area contributed by atoms with Gasteiger partial charge in [-0.25, -0.2) is 0 Å². The Morgan fingerprint density at radius 1 is 1.44 bits per heavy atom. The minimum Gasteiger partial charge on any atom is -0.481 e. The molecule has 0 amide bonds. The van der Waals surface area contributed by atoms with Crippen LogP contribution < -0.4 is 4.90 Å². The molecule has 16 heavy (non-hydrogen) atoms. The third-order valence-electron chi connectivity index (χ3n) is 2.01. The molecule has 0 aromatic heterocycles. The van der Waals surface area contributed by atoms with Gasteiger partial charge in [-0.05, 0) is 18.4 Å². The van der Waals surface area contributed by atoms with E-state index < -0.39 is 5.97 Å². The second kappa shape index (κ2) is 6.50. The number of hydrogen-bond acceptors (Lipinski definition) is 3. The van der Waals surface area contributed by atoms with E-state index in [0.29, 0.717) is 10.9 Å². The highest BCUT2D eigenvalue weighted by Gasteiger charge is 2.12. The molecule has 0 saturated carbocycles. The number of benzene rings is 1. The third-order valence-corrected chi connectivity index (χ3v) is 3.30. The van der Waals surface area contributed by atoms with E-state index in [4.69, 9.17) is 17.3 Å². The summed E-state index contributed by atoms with van der Waals surface area (Å²) < 4.78 is 0.687. The van der Waals surface area contributed by atoms with E-state index in [9.17, 15) is 4.79 Å². The average Bonchev–Trinajstić information content (AvgIpc) is 2.30. The molecule has 0 fully saturated rings. The molecular formula is C11H13NO2S2. The van der Waals surface area contributed by atoms with Crippen LogP contribution in [0.15, 0.2) is 30.3 Å². The lowest BCUT2D eigenvalue weighted by molar-refractivity contribution is -0.136. The van der Waals surface area contributed by atoms with Gasteiger partial charge in [0, 0.05) is 12.2 Å². The molecule has 0 radical (unpaired) electrons. The summed E-state index contributed by atoms with van der Waals surface area (Å²) in [4.78, 5) is 12.4. The van der Waals surface area contributed by atoms with Gasteiger partial charge in [-0.3, -0.25) is 4.79 Å². The molecule has 0 heterocycles. The molecule has 0 spiro atoms. The van der Waals surface area contributed by atoms with E-state index in [1.807, 2.05) is 41.5 Å². The summed E-state index contributed by atoms with van der Waals surface area (Å²) in [6.45, 7) is 0.402. The molecule has 86 valence electrons. The SMILES string of the molecule is CSC(=S)N(CCC(=O)O)c1ccccc1. The van der Waals surface area contributed by atoms with Crippen LogP contribution in [0.2, 0.25) is 0 Å². The normalized spacial score (nSPS) is 9.81. The maximum atomic E-state index is 10.6. The van der Waals surface area contributed by atoms with Gasteiger partial charge in [0.1, 0.15) is 4.32 Å². The highest BCUT2D eigenvalue weighted by Crippen LogP contribution is 2.18. The van der Waals surface area contributed by atoms with Crippen LogP contribution in [0.4, 0.5) is 5.69 Å². The molecule has 1 aromatic rings. The zero-order valence-electron chi connectivity index (χ0n) is 8.92. The molecule has 0 bridgehead atoms. The Balaban J connectivity index is 2.79. The molecule has 0 unspecified atom stereocenters. The Labute approximate surface area is 104 Å². The predicted molar refractivity (Wildman–Crippen MR) is 72.2 cm³/mol. The van der Waals surface area contributed by atoms with Gasteiger partial charge in [0.15, 0.2) is 0 Å². The number of carbonyl (C=O) groups is 1. The fraction of sp³-hybridized carbons (Fsp3) is 0.273. The summed E-state index contributed by atoms with van der Waals surface area (Å²) >= 11 is 6.65. The first-order chi connectivity index (χ1) is 7.65. The van der Waals surface area contributed by atoms with Crippen LogP contribution in [0, 0.1) is 0 Å². The van der Waals surface area contributed by atoms with Crippen LogP contribution in [0.1, 0.15) is 6.42 Å². The number of thioether (sulfide) groups is 1. The van der Waals surface area contributed by atoms with Crippen LogP contribution in [0.5, 0.6) is 0 Å². The van der Waals surface area contributed by atoms with Crippen molar-refractivity contribution in [3.05, 3.63) is 30.3 Å². The number of aliphatic carboxylic acids is 1. The molecule has 0 atom stereocenters. The first-order valence-electron chi connectivity index (χ1n) is 4.77. The lowest BCUT2D eigenvalue weighted by Crippen LogP contribution is -2.29. The van der Waals surface area contributed by atoms with Crippen LogP contribution in [-0.2, 0) is 4.79 Å². The Kier molecular flexibility index (Phi) is 5.28. The average molecular weight is 255 g/mol. The number of carboxylic acids is 1. The molecule has 1 N–H and O–H groups in total. The largest absolute Gasteiger partial charge is 0.481 e. The van der Waals surface area contributed by atoms with Crippen molar-refractivity contribution in [2.45, 2.75) is 6.42 Å². The Morgan fingerprint density at radius 3 is 2.56 bits per heavy atom. The van der Waals surface area contributed by atoms with E-state index in [-0.39, 0.29) is 6.42 Å². The van der Waals surface area contributed by atoms with Crippen LogP contribution in [-0.4, -0.2) is 28.2 Å². The number of para-hydroxylation sites is 1. The van der Waals surface area contributed by atoms with Crippen molar-refractivity contribution >= 4 is 40.0 Å². The van der Waals surface area contributed by atoms with Gasteiger partial charge in [-0.15, -0.1) is 11.8 Å². The van der Waals surface area contributed by atoms with Crippen molar-refractivity contribution in [3.63, 3.8) is 0 Å². The highest BCUT2D eigenvalue weighted by molar-refractivity contribution is 8.22. The van der Waals surface area contributed by atoms with E-state index in [2.05, 4.69) is 0 Å². The summed E-state index contributed by atoms with van der Waals surface area (Å²) in [7, 11) is 0. The second-order valence-corrected chi connectivity index (χ2v) is 4.54. The molecule has 1 rings (SSSR count). The van der Waals surface area contributed by atoms with E-state index in [1.54, 1.807) is 0 Å². The van der Waals surface area contributed by atoms with Gasteiger partial charge in [0.05, 0.1) is 6.42 Å². The smallest absolute Gasteiger partial charge is 0.305 e. The Morgan fingerprint density at radius 2 is 2.06 bits per heavy atom. The number of rotatable bonds is 4. The molecule has 0 aliphatic heterocycles. The van der Waals surface area contributed by atoms with Gasteiger partial charge in [-0.2, -0.15) is 0 Å². The lowest BCUT2D eigenvalue weighted by Gasteiger charge is -2.23. The van der Waals surface area contributed by atoms with Gasteiger partial charge >= 0.3 is 5.97 Å². The van der Waals surface area contributed by atoms with E-state index in [0.717, 1.165) is 5.69 Å². The third kappa shape index (κ3) is 3.83. The maximum Gasteiger partial charge on any atom is 0.305 e. The summed E-state index contributed by atoms with van der Waals surface area (Å²) in [6, 6.07) is 9.58. The first-order valence-corrected chi connectivity index (χ1v) is 6.40. The van der Waals surface area contributed by atoms with Crippen LogP contribution >= 0.6 is 24.0 Å². The number of hydrogen-bond donors (Lipinski definition) is 1. The van der Waals surface area contributed by atoms with Gasteiger partial charge in [-0.1, -0.05) is 30.4 Å². The molecule has 3 nitrogen and oxygen atoms in total. The molecular weight excluding hydrogens is 242 g/mol. The number of nitrogens with zero attached hydrogens (tertiary/aromatic N) is 1.